The third-order valence-corrected chi connectivity index (χ3v) is 7.10. The zero-order chi connectivity index (χ0) is 16.8. The Morgan fingerprint density at radius 1 is 0.625 bits per heavy atom. The maximum atomic E-state index is 2.33. The minimum atomic E-state index is -0.423. The number of hydrogen-bond acceptors (Lipinski definition) is 0. The van der Waals surface area contributed by atoms with Crippen LogP contribution in [0.3, 0.4) is 0 Å². The normalized spacial score (nSPS) is 12.5. The third kappa shape index (κ3) is 4.13. The molecule has 1 heteroatoms. The fourth-order valence-electron chi connectivity index (χ4n) is 3.20. The van der Waals surface area contributed by atoms with Gasteiger partial charge in [-0.15, -0.1) is 0 Å². The van der Waals surface area contributed by atoms with Crippen LogP contribution >= 0.6 is 7.92 Å². The lowest BCUT2D eigenvalue weighted by Crippen LogP contribution is -2.18. The van der Waals surface area contributed by atoms with Crippen LogP contribution in [-0.4, -0.2) is 0 Å². The van der Waals surface area contributed by atoms with Gasteiger partial charge in [0.2, 0.25) is 0 Å². The zero-order valence-electron chi connectivity index (χ0n) is 14.5. The Morgan fingerprint density at radius 2 is 1.04 bits per heavy atom. The molecule has 0 radical (unpaired) electrons. The molecule has 0 aromatic heterocycles. The zero-order valence-corrected chi connectivity index (χ0v) is 15.4. The Balaban J connectivity index is 2.10. The van der Waals surface area contributed by atoms with E-state index in [1.807, 2.05) is 0 Å². The molecule has 0 aliphatic carbocycles. The van der Waals surface area contributed by atoms with Gasteiger partial charge in [-0.1, -0.05) is 105 Å². The van der Waals surface area contributed by atoms with E-state index in [4.69, 9.17) is 0 Å². The van der Waals surface area contributed by atoms with E-state index in [0.29, 0.717) is 11.6 Å². The molecule has 3 rings (SSSR count). The molecular weight excluding hydrogens is 307 g/mol. The highest BCUT2D eigenvalue weighted by molar-refractivity contribution is 7.73. The van der Waals surface area contributed by atoms with Crippen LogP contribution in [0.2, 0.25) is 0 Å². The van der Waals surface area contributed by atoms with E-state index in [1.165, 1.54) is 22.6 Å². The number of hydrogen-bond donors (Lipinski definition) is 0. The van der Waals surface area contributed by atoms with E-state index in [9.17, 15) is 0 Å². The molecule has 0 aliphatic heterocycles. The molecule has 0 nitrogen and oxygen atoms in total. The van der Waals surface area contributed by atoms with E-state index in [2.05, 4.69) is 105 Å². The van der Waals surface area contributed by atoms with Crippen molar-refractivity contribution in [2.24, 2.45) is 5.92 Å². The van der Waals surface area contributed by atoms with Crippen molar-refractivity contribution in [2.75, 3.05) is 0 Å². The molecule has 3 aromatic rings. The first-order valence-corrected chi connectivity index (χ1v) is 10.1. The van der Waals surface area contributed by atoms with E-state index in [1.54, 1.807) is 0 Å². The summed E-state index contributed by atoms with van der Waals surface area (Å²) in [6, 6.07) is 33.2. The minimum absolute atomic E-state index is 0.423. The van der Waals surface area contributed by atoms with E-state index in [0.717, 1.165) is 0 Å². The molecule has 0 fully saturated rings. The Morgan fingerprint density at radius 3 is 1.46 bits per heavy atom. The molecule has 0 saturated heterocycles. The van der Waals surface area contributed by atoms with Gasteiger partial charge in [0, 0.05) is 5.66 Å². The minimum Gasteiger partial charge on any atom is -0.0627 e. The van der Waals surface area contributed by atoms with Gasteiger partial charge in [0.05, 0.1) is 0 Å². The Kier molecular flexibility index (Phi) is 5.83. The number of rotatable bonds is 6. The Bertz CT molecular complexity index is 680. The summed E-state index contributed by atoms with van der Waals surface area (Å²) in [6.07, 6.45) is 1.21. The van der Waals surface area contributed by atoms with Crippen LogP contribution in [0.5, 0.6) is 0 Å². The summed E-state index contributed by atoms with van der Waals surface area (Å²) in [5.74, 6) is 0.674. The largest absolute Gasteiger partial charge is 0.0627 e. The average molecular weight is 332 g/mol. The van der Waals surface area contributed by atoms with Crippen molar-refractivity contribution in [1.29, 1.82) is 0 Å². The van der Waals surface area contributed by atoms with Crippen LogP contribution in [0.25, 0.3) is 0 Å². The van der Waals surface area contributed by atoms with Gasteiger partial charge in [0.15, 0.2) is 0 Å². The van der Waals surface area contributed by atoms with Crippen molar-refractivity contribution >= 4 is 18.5 Å². The van der Waals surface area contributed by atoms with Crippen LogP contribution in [0.1, 0.15) is 31.5 Å². The monoisotopic (exact) mass is 332 g/mol. The molecule has 1 unspecified atom stereocenters. The lowest BCUT2D eigenvalue weighted by Gasteiger charge is -2.30. The fraction of sp³-hybridized carbons (Fsp3) is 0.217. The van der Waals surface area contributed by atoms with Crippen LogP contribution in [0.4, 0.5) is 0 Å². The Hall–Kier alpha value is -1.91. The fourth-order valence-corrected chi connectivity index (χ4v) is 6.31. The molecule has 0 heterocycles. The molecule has 0 aliphatic rings. The topological polar surface area (TPSA) is 0 Å². The first-order valence-electron chi connectivity index (χ1n) is 8.70. The lowest BCUT2D eigenvalue weighted by atomic mass is 10.0. The van der Waals surface area contributed by atoms with Crippen molar-refractivity contribution in [2.45, 2.75) is 25.9 Å². The standard InChI is InChI=1S/C23H25P/c1-19(2)18-23(20-12-6-3-7-13-20)24(21-14-8-4-9-15-21)22-16-10-5-11-17-22/h3-17,19,23H,18H2,1-2H3. The molecular formula is C23H25P. The molecule has 3 aromatic carbocycles. The summed E-state index contributed by atoms with van der Waals surface area (Å²) in [4.78, 5) is 0. The molecule has 24 heavy (non-hydrogen) atoms. The van der Waals surface area contributed by atoms with Crippen LogP contribution in [0, 0.1) is 5.92 Å². The van der Waals surface area contributed by atoms with Crippen molar-refractivity contribution in [3.05, 3.63) is 96.6 Å². The molecule has 1 atom stereocenters. The van der Waals surface area contributed by atoms with Gasteiger partial charge in [0.25, 0.3) is 0 Å². The smallest absolute Gasteiger partial charge is 0.0124 e. The summed E-state index contributed by atoms with van der Waals surface area (Å²) in [7, 11) is -0.423. The summed E-state index contributed by atoms with van der Waals surface area (Å²) in [5.41, 5.74) is 2.01. The third-order valence-electron chi connectivity index (χ3n) is 4.26. The summed E-state index contributed by atoms with van der Waals surface area (Å²) in [5, 5.41) is 2.93. The highest BCUT2D eigenvalue weighted by atomic mass is 31.1. The van der Waals surface area contributed by atoms with E-state index in [-0.39, 0.29) is 0 Å². The van der Waals surface area contributed by atoms with Crippen LogP contribution in [0.15, 0.2) is 91.0 Å². The number of benzene rings is 3. The van der Waals surface area contributed by atoms with Gasteiger partial charge in [-0.3, -0.25) is 0 Å². The highest BCUT2D eigenvalue weighted by Gasteiger charge is 2.26. The first-order chi connectivity index (χ1) is 11.8. The van der Waals surface area contributed by atoms with Gasteiger partial charge in [-0.25, -0.2) is 0 Å². The second kappa shape index (κ2) is 8.27. The molecule has 0 spiro atoms. The molecule has 0 N–H and O–H groups in total. The lowest BCUT2D eigenvalue weighted by molar-refractivity contribution is 0.577. The van der Waals surface area contributed by atoms with Crippen molar-refractivity contribution < 1.29 is 0 Å². The van der Waals surface area contributed by atoms with Gasteiger partial charge < -0.3 is 0 Å². The predicted molar refractivity (Wildman–Crippen MR) is 108 cm³/mol. The summed E-state index contributed by atoms with van der Waals surface area (Å²) < 4.78 is 0. The van der Waals surface area contributed by atoms with Gasteiger partial charge in [-0.2, -0.15) is 0 Å². The quantitative estimate of drug-likeness (QED) is 0.493. The van der Waals surface area contributed by atoms with E-state index < -0.39 is 7.92 Å². The van der Waals surface area contributed by atoms with E-state index >= 15 is 0 Å². The second-order valence-electron chi connectivity index (χ2n) is 6.60. The van der Waals surface area contributed by atoms with Crippen molar-refractivity contribution in [3.8, 4) is 0 Å². The highest BCUT2D eigenvalue weighted by Crippen LogP contribution is 2.52. The maximum Gasteiger partial charge on any atom is 0.0124 e. The van der Waals surface area contributed by atoms with Crippen molar-refractivity contribution in [3.63, 3.8) is 0 Å². The van der Waals surface area contributed by atoms with Crippen LogP contribution < -0.4 is 10.6 Å². The molecule has 0 saturated carbocycles. The first kappa shape index (κ1) is 16.9. The second-order valence-corrected chi connectivity index (χ2v) is 8.99. The SMILES string of the molecule is CC(C)CC(c1ccccc1)P(c1ccccc1)c1ccccc1. The molecule has 0 amide bonds. The van der Waals surface area contributed by atoms with Crippen LogP contribution in [-0.2, 0) is 0 Å². The summed E-state index contributed by atoms with van der Waals surface area (Å²) in [6.45, 7) is 4.67. The molecule has 122 valence electrons. The van der Waals surface area contributed by atoms with Gasteiger partial charge in [-0.05, 0) is 36.4 Å². The van der Waals surface area contributed by atoms with Gasteiger partial charge >= 0.3 is 0 Å². The van der Waals surface area contributed by atoms with Crippen molar-refractivity contribution in [1.82, 2.24) is 0 Å². The summed E-state index contributed by atoms with van der Waals surface area (Å²) >= 11 is 0. The Labute approximate surface area is 147 Å². The maximum absolute atomic E-state index is 2.33. The molecule has 0 bridgehead atoms. The van der Waals surface area contributed by atoms with Gasteiger partial charge in [0.1, 0.15) is 0 Å². The predicted octanol–water partition coefficient (Wildman–Crippen LogP) is 5.91. The average Bonchev–Trinajstić information content (AvgIpc) is 2.63.